The first-order valence-electron chi connectivity index (χ1n) is 6.79. The van der Waals surface area contributed by atoms with Crippen molar-refractivity contribution in [1.29, 1.82) is 0 Å². The van der Waals surface area contributed by atoms with Crippen molar-refractivity contribution in [2.24, 2.45) is 0 Å². The number of carbonyl (C=O) groups is 1. The molecule has 0 amide bonds. The van der Waals surface area contributed by atoms with Gasteiger partial charge in [0, 0.05) is 5.57 Å². The molecule has 3 heteroatoms. The summed E-state index contributed by atoms with van der Waals surface area (Å²) in [6.45, 7) is 11.6. The number of rotatable bonds is 8. The fraction of sp³-hybridized carbons (Fsp3) is 0.786. The number of carbonyl (C=O) groups excluding carboxylic acids is 1. The van der Waals surface area contributed by atoms with Gasteiger partial charge in [0.25, 0.3) is 0 Å². The van der Waals surface area contributed by atoms with Crippen LogP contribution in [0.25, 0.3) is 0 Å². The Morgan fingerprint density at radius 1 is 1.12 bits per heavy atom. The van der Waals surface area contributed by atoms with Gasteiger partial charge in [-0.15, -0.1) is 0 Å². The van der Waals surface area contributed by atoms with Crippen LogP contribution in [0.4, 0.5) is 0 Å². The van der Waals surface area contributed by atoms with E-state index in [2.05, 4.69) is 39.2 Å². The van der Waals surface area contributed by atoms with Gasteiger partial charge < -0.3 is 4.74 Å². The molecule has 0 aliphatic rings. The Kier molecular flexibility index (Phi) is 8.22. The van der Waals surface area contributed by atoms with E-state index in [1.807, 2.05) is 0 Å². The molecule has 0 fully saturated rings. The molecule has 0 aliphatic heterocycles. The normalized spacial score (nSPS) is 12.6. The Morgan fingerprint density at radius 2 is 1.71 bits per heavy atom. The molecule has 0 spiro atoms. The number of unbranched alkanes of at least 4 members (excludes halogenated alkanes) is 2. The van der Waals surface area contributed by atoms with Gasteiger partial charge in [0.2, 0.25) is 0 Å². The van der Waals surface area contributed by atoms with E-state index in [-0.39, 0.29) is 5.97 Å². The van der Waals surface area contributed by atoms with Gasteiger partial charge in [-0.2, -0.15) is 0 Å². The van der Waals surface area contributed by atoms with Gasteiger partial charge in [-0.1, -0.05) is 52.0 Å². The molecule has 0 saturated carbocycles. The topological polar surface area (TPSA) is 26.3 Å². The molecule has 0 aliphatic carbocycles. The van der Waals surface area contributed by atoms with Crippen molar-refractivity contribution >= 4 is 14.0 Å². The Morgan fingerprint density at radius 3 is 2.18 bits per heavy atom. The van der Waals surface area contributed by atoms with Crippen molar-refractivity contribution in [3.05, 3.63) is 11.3 Å². The van der Waals surface area contributed by atoms with Crippen molar-refractivity contribution in [3.63, 3.8) is 0 Å². The van der Waals surface area contributed by atoms with Crippen LogP contribution in [0.1, 0.15) is 46.0 Å². The summed E-state index contributed by atoms with van der Waals surface area (Å²) in [6.07, 6.45) is 5.07. The summed E-state index contributed by atoms with van der Waals surface area (Å²) in [7, 11) is -1.34. The highest BCUT2D eigenvalue weighted by molar-refractivity contribution is 6.81. The quantitative estimate of drug-likeness (QED) is 0.280. The molecular weight excluding hydrogens is 228 g/mol. The van der Waals surface area contributed by atoms with Gasteiger partial charge in [0.1, 0.15) is 0 Å². The predicted molar refractivity (Wildman–Crippen MR) is 76.8 cm³/mol. The minimum Gasteiger partial charge on any atom is -0.462 e. The van der Waals surface area contributed by atoms with Crippen LogP contribution in [0.2, 0.25) is 19.6 Å². The van der Waals surface area contributed by atoms with E-state index in [9.17, 15) is 4.79 Å². The molecule has 0 heterocycles. The Bertz CT molecular complexity index is 251. The summed E-state index contributed by atoms with van der Waals surface area (Å²) in [5.74, 6) is -0.0886. The Labute approximate surface area is 107 Å². The lowest BCUT2D eigenvalue weighted by Gasteiger charge is -2.14. The molecule has 100 valence electrons. The average molecular weight is 256 g/mol. The van der Waals surface area contributed by atoms with Gasteiger partial charge in [-0.05, 0) is 19.3 Å². The molecule has 2 nitrogen and oxygen atoms in total. The van der Waals surface area contributed by atoms with E-state index < -0.39 is 8.07 Å². The molecule has 17 heavy (non-hydrogen) atoms. The van der Waals surface area contributed by atoms with Crippen molar-refractivity contribution in [2.45, 2.75) is 65.6 Å². The molecule has 0 unspecified atom stereocenters. The zero-order chi connectivity index (χ0) is 13.3. The highest BCUT2D eigenvalue weighted by atomic mass is 28.3. The van der Waals surface area contributed by atoms with Gasteiger partial charge in [0.15, 0.2) is 0 Å². The van der Waals surface area contributed by atoms with Gasteiger partial charge in [-0.25, -0.2) is 4.79 Å². The lowest BCUT2D eigenvalue weighted by molar-refractivity contribution is -0.139. The molecule has 0 atom stereocenters. The van der Waals surface area contributed by atoms with Crippen LogP contribution in [-0.4, -0.2) is 20.7 Å². The molecule has 0 rings (SSSR count). The predicted octanol–water partition coefficient (Wildman–Crippen LogP) is 4.32. The largest absolute Gasteiger partial charge is 0.462 e. The summed E-state index contributed by atoms with van der Waals surface area (Å²) < 4.78 is 5.30. The van der Waals surface area contributed by atoms with Gasteiger partial charge >= 0.3 is 5.97 Å². The first-order chi connectivity index (χ1) is 7.90. The van der Waals surface area contributed by atoms with Crippen LogP contribution < -0.4 is 0 Å². The lowest BCUT2D eigenvalue weighted by atomic mass is 10.1. The number of ether oxygens (including phenoxy) is 1. The first-order valence-corrected chi connectivity index (χ1v) is 10.4. The third kappa shape index (κ3) is 9.16. The fourth-order valence-electron chi connectivity index (χ4n) is 1.52. The van der Waals surface area contributed by atoms with Gasteiger partial charge in [0.05, 0.1) is 14.7 Å². The minimum atomic E-state index is -1.34. The minimum absolute atomic E-state index is 0.0886. The molecular formula is C14H28O2Si. The number of hydrogen-bond acceptors (Lipinski definition) is 2. The SMILES string of the molecule is CCCCOC(=O)/C(=C/[Si](C)(C)C)CCCC. The Hall–Kier alpha value is -0.573. The van der Waals surface area contributed by atoms with E-state index in [0.717, 1.165) is 37.7 Å². The monoisotopic (exact) mass is 256 g/mol. The molecule has 0 radical (unpaired) electrons. The summed E-state index contributed by atoms with van der Waals surface area (Å²) in [6, 6.07) is 0. The van der Waals surface area contributed by atoms with E-state index in [4.69, 9.17) is 4.74 Å². The third-order valence-electron chi connectivity index (χ3n) is 2.40. The van der Waals surface area contributed by atoms with Gasteiger partial charge in [-0.3, -0.25) is 0 Å². The second-order valence-corrected chi connectivity index (χ2v) is 10.6. The van der Waals surface area contributed by atoms with E-state index in [1.165, 1.54) is 0 Å². The van der Waals surface area contributed by atoms with Crippen LogP contribution in [0.3, 0.4) is 0 Å². The van der Waals surface area contributed by atoms with Crippen LogP contribution in [-0.2, 0) is 9.53 Å². The summed E-state index contributed by atoms with van der Waals surface area (Å²) in [4.78, 5) is 11.9. The number of hydrogen-bond donors (Lipinski definition) is 0. The molecule has 0 bridgehead atoms. The highest BCUT2D eigenvalue weighted by Crippen LogP contribution is 2.15. The number of esters is 1. The maximum atomic E-state index is 11.9. The molecule has 0 aromatic carbocycles. The van der Waals surface area contributed by atoms with Crippen LogP contribution >= 0.6 is 0 Å². The van der Waals surface area contributed by atoms with Crippen molar-refractivity contribution in [2.75, 3.05) is 6.61 Å². The summed E-state index contributed by atoms with van der Waals surface area (Å²) in [5, 5.41) is 0. The van der Waals surface area contributed by atoms with Crippen molar-refractivity contribution in [3.8, 4) is 0 Å². The summed E-state index contributed by atoms with van der Waals surface area (Å²) in [5.41, 5.74) is 3.10. The van der Waals surface area contributed by atoms with Crippen LogP contribution in [0.5, 0.6) is 0 Å². The fourth-order valence-corrected chi connectivity index (χ4v) is 2.83. The Balaban J connectivity index is 4.46. The van der Waals surface area contributed by atoms with E-state index >= 15 is 0 Å². The zero-order valence-electron chi connectivity index (χ0n) is 12.1. The van der Waals surface area contributed by atoms with E-state index in [1.54, 1.807) is 0 Å². The van der Waals surface area contributed by atoms with Crippen LogP contribution in [0, 0.1) is 0 Å². The second kappa shape index (κ2) is 8.51. The van der Waals surface area contributed by atoms with Crippen molar-refractivity contribution in [1.82, 2.24) is 0 Å². The lowest BCUT2D eigenvalue weighted by Crippen LogP contribution is -2.20. The molecule has 0 aromatic heterocycles. The summed E-state index contributed by atoms with van der Waals surface area (Å²) >= 11 is 0. The maximum absolute atomic E-state index is 11.9. The van der Waals surface area contributed by atoms with E-state index in [0.29, 0.717) is 6.61 Å². The maximum Gasteiger partial charge on any atom is 0.333 e. The first kappa shape index (κ1) is 16.4. The zero-order valence-corrected chi connectivity index (χ0v) is 13.1. The van der Waals surface area contributed by atoms with Crippen LogP contribution in [0.15, 0.2) is 11.3 Å². The van der Waals surface area contributed by atoms with Crippen molar-refractivity contribution < 1.29 is 9.53 Å². The molecule has 0 N–H and O–H groups in total. The highest BCUT2D eigenvalue weighted by Gasteiger charge is 2.16. The average Bonchev–Trinajstić information content (AvgIpc) is 2.22. The standard InChI is InChI=1S/C14H28O2Si/c1-6-8-10-13(12-17(3,4)5)14(15)16-11-9-7-2/h12H,6-11H2,1-5H3/b13-12+. The second-order valence-electron chi connectivity index (χ2n) is 5.63. The smallest absolute Gasteiger partial charge is 0.333 e. The molecule has 0 saturated heterocycles. The third-order valence-corrected chi connectivity index (χ3v) is 3.61. The molecule has 0 aromatic rings.